The fourth-order valence-corrected chi connectivity index (χ4v) is 8.17. The van der Waals surface area contributed by atoms with Crippen LogP contribution in [0.5, 0.6) is 0 Å². The van der Waals surface area contributed by atoms with Crippen molar-refractivity contribution in [2.24, 2.45) is 17.8 Å². The van der Waals surface area contributed by atoms with Gasteiger partial charge >= 0.3 is 0 Å². The lowest BCUT2D eigenvalue weighted by atomic mass is 9.91. The van der Waals surface area contributed by atoms with Gasteiger partial charge in [-0.3, -0.25) is 52.7 Å². The first kappa shape index (κ1) is 74.4. The van der Waals surface area contributed by atoms with E-state index in [9.17, 15) is 57.8 Å². The van der Waals surface area contributed by atoms with E-state index in [-0.39, 0.29) is 6.42 Å². The predicted octanol–water partition coefficient (Wildman–Crippen LogP) is 1.55. The van der Waals surface area contributed by atoms with Crippen LogP contribution in [0.3, 0.4) is 0 Å². The number of carbonyl (C=O) groups excluding carboxylic acids is 11. The molecule has 1 aliphatic rings. The van der Waals surface area contributed by atoms with Gasteiger partial charge in [-0.2, -0.15) is 0 Å². The normalized spacial score (nSPS) is 27.2. The minimum absolute atomic E-state index is 0.0251. The van der Waals surface area contributed by atoms with Crippen LogP contribution in [0, 0.1) is 17.8 Å². The van der Waals surface area contributed by atoms with Crippen molar-refractivity contribution in [3.63, 3.8) is 0 Å². The van der Waals surface area contributed by atoms with Crippen molar-refractivity contribution < 1.29 is 57.8 Å². The number of nitrogens with zero attached hydrogens (tertiary/aromatic N) is 7. The van der Waals surface area contributed by atoms with E-state index in [1.807, 2.05) is 13.8 Å². The first-order valence-electron chi connectivity index (χ1n) is 27.0. The zero-order valence-electron chi connectivity index (χ0n) is 51.5. The van der Waals surface area contributed by atoms with Gasteiger partial charge < -0.3 is 60.7 Å². The van der Waals surface area contributed by atoms with Crippen LogP contribution in [0.1, 0.15) is 117 Å². The Morgan fingerprint density at radius 1 is 0.506 bits per heavy atom. The van der Waals surface area contributed by atoms with Crippen LogP contribution in [-0.2, 0) is 52.7 Å². The van der Waals surface area contributed by atoms with Gasteiger partial charge in [0, 0.05) is 49.3 Å². The smallest absolute Gasteiger partial charge is 0.246 e. The van der Waals surface area contributed by atoms with Gasteiger partial charge in [0.1, 0.15) is 60.4 Å². The number of rotatable bonds is 7. The molecule has 1 saturated heterocycles. The molecule has 12 atom stereocenters. The Hall–Kier alpha value is -6.65. The number of amides is 11. The highest BCUT2D eigenvalue weighted by atomic mass is 16.3. The lowest BCUT2D eigenvalue weighted by Gasteiger charge is -2.40. The lowest BCUT2D eigenvalue weighted by Crippen LogP contribution is -2.63. The summed E-state index contributed by atoms with van der Waals surface area (Å²) in [4.78, 5) is 161. The number of allylic oxidation sites excluding steroid dienone is 4. The standard InChI is InChI=1S/C50H87N11O12.2C3H6/c1-21-23-24-28(7)40(63)39-44(67)53-35(22-2)48(71)55(14)25-36(62)56(15)31(10)43(66)54-37(26(3)4)49(72)57(16)32(11)42(65)51-29(8)41(64)52-30(9)45(68)58(17)33(12)46(69)59(18)34(13)47(70)60(19)38(27(5)6)50(73)61(39)20;2*1-3-2/h21,23,26-35,37-40,63H,22,24-25H2,1-20H3,(H,51,65)(H,52,64)(H,53,67)(H,54,66);2*3H,1H2,2H3/b23-21+;;. The number of hydrogen-bond acceptors (Lipinski definition) is 12. The summed E-state index contributed by atoms with van der Waals surface area (Å²) in [5.74, 6) is -9.52. The minimum Gasteiger partial charge on any atom is -0.390 e. The molecule has 79 heavy (non-hydrogen) atoms. The highest BCUT2D eigenvalue weighted by Gasteiger charge is 2.44. The van der Waals surface area contributed by atoms with E-state index in [0.717, 1.165) is 34.3 Å². The van der Waals surface area contributed by atoms with Gasteiger partial charge in [-0.15, -0.1) is 13.2 Å². The van der Waals surface area contributed by atoms with Crippen molar-refractivity contribution in [3.8, 4) is 0 Å². The second kappa shape index (κ2) is 35.1. The first-order valence-corrected chi connectivity index (χ1v) is 27.0. The molecule has 0 radical (unpaired) electrons. The molecule has 0 aliphatic carbocycles. The third kappa shape index (κ3) is 21.2. The van der Waals surface area contributed by atoms with E-state index < -0.39 is 156 Å². The van der Waals surface area contributed by atoms with Gasteiger partial charge in [0.25, 0.3) is 0 Å². The van der Waals surface area contributed by atoms with Gasteiger partial charge in [-0.25, -0.2) is 0 Å². The van der Waals surface area contributed by atoms with Crippen LogP contribution in [-0.4, -0.2) is 227 Å². The summed E-state index contributed by atoms with van der Waals surface area (Å²) in [5.41, 5.74) is 0. The van der Waals surface area contributed by atoms with Gasteiger partial charge in [-0.05, 0) is 92.9 Å². The van der Waals surface area contributed by atoms with Gasteiger partial charge in [0.15, 0.2) is 0 Å². The monoisotopic (exact) mass is 1120 g/mol. The third-order valence-corrected chi connectivity index (χ3v) is 14.0. The maximum absolute atomic E-state index is 14.7. The van der Waals surface area contributed by atoms with E-state index in [4.69, 9.17) is 0 Å². The van der Waals surface area contributed by atoms with Crippen molar-refractivity contribution in [1.29, 1.82) is 0 Å². The average Bonchev–Trinajstić information content (AvgIpc) is 3.39. The van der Waals surface area contributed by atoms with Crippen LogP contribution < -0.4 is 21.3 Å². The first-order chi connectivity index (χ1) is 36.5. The Labute approximate surface area is 471 Å². The molecular formula is C56H99N11O12. The number of nitrogens with one attached hydrogen (secondary N) is 4. The van der Waals surface area contributed by atoms with E-state index in [1.54, 1.807) is 72.8 Å². The molecule has 0 aromatic carbocycles. The summed E-state index contributed by atoms with van der Waals surface area (Å²) in [7, 11) is 9.43. The molecule has 0 saturated carbocycles. The fraction of sp³-hybridized carbons (Fsp3) is 0.696. The SMILES string of the molecule is C/C=C/CC(C)C(O)C1C(=O)NC(CC)C(=O)N(C)CC(=O)N(C)C(C)C(=O)NC(C(C)C)C(=O)N(C)C(C)C(=O)NC(C)C(=O)NC(C)C(=O)N(C)C(C)C(=O)N(C)C(C)C(=O)N(C)C(C(C)C)C(=O)N1C.C=CC.C=CC. The van der Waals surface area contributed by atoms with Crippen molar-refractivity contribution >= 4 is 65.0 Å². The summed E-state index contributed by atoms with van der Waals surface area (Å²) < 4.78 is 0. The Morgan fingerprint density at radius 3 is 1.38 bits per heavy atom. The van der Waals surface area contributed by atoms with E-state index in [2.05, 4.69) is 34.4 Å². The second-order valence-corrected chi connectivity index (χ2v) is 21.0. The van der Waals surface area contributed by atoms with Crippen LogP contribution in [0.25, 0.3) is 0 Å². The van der Waals surface area contributed by atoms with Crippen LogP contribution in [0.4, 0.5) is 0 Å². The molecule has 5 N–H and O–H groups in total. The molecular weight excluding hydrogens is 1020 g/mol. The molecule has 1 heterocycles. The number of likely N-dealkylation sites (N-methyl/N-ethyl adjacent to an activating group) is 7. The van der Waals surface area contributed by atoms with Crippen molar-refractivity contribution in [1.82, 2.24) is 55.6 Å². The third-order valence-electron chi connectivity index (χ3n) is 14.0. The quantitative estimate of drug-likeness (QED) is 0.227. The maximum Gasteiger partial charge on any atom is 0.246 e. The lowest BCUT2D eigenvalue weighted by molar-refractivity contribution is -0.156. The van der Waals surface area contributed by atoms with Crippen LogP contribution in [0.15, 0.2) is 37.5 Å². The van der Waals surface area contributed by atoms with E-state index in [1.165, 1.54) is 90.9 Å². The molecule has 23 heteroatoms. The summed E-state index contributed by atoms with van der Waals surface area (Å²) in [6, 6.07) is -12.3. The van der Waals surface area contributed by atoms with Gasteiger partial charge in [0.05, 0.1) is 12.6 Å². The Balaban J connectivity index is 0. The zero-order valence-corrected chi connectivity index (χ0v) is 51.5. The Kier molecular flexibility index (Phi) is 33.0. The molecule has 0 aromatic heterocycles. The molecule has 12 unspecified atom stereocenters. The van der Waals surface area contributed by atoms with Crippen molar-refractivity contribution in [2.75, 3.05) is 55.9 Å². The fourth-order valence-electron chi connectivity index (χ4n) is 8.17. The van der Waals surface area contributed by atoms with Crippen molar-refractivity contribution in [2.45, 2.75) is 183 Å². The molecule has 23 nitrogen and oxygen atoms in total. The second-order valence-electron chi connectivity index (χ2n) is 21.0. The number of aliphatic hydroxyl groups is 1. The number of hydrogen-bond donors (Lipinski definition) is 5. The summed E-state index contributed by atoms with van der Waals surface area (Å²) >= 11 is 0. The maximum atomic E-state index is 14.7. The Bertz CT molecular complexity index is 2150. The highest BCUT2D eigenvalue weighted by Crippen LogP contribution is 2.22. The number of aliphatic hydroxyl groups excluding tert-OH is 1. The van der Waals surface area contributed by atoms with E-state index >= 15 is 0 Å². The predicted molar refractivity (Wildman–Crippen MR) is 305 cm³/mol. The van der Waals surface area contributed by atoms with Crippen molar-refractivity contribution in [3.05, 3.63) is 37.5 Å². The van der Waals surface area contributed by atoms with Gasteiger partial charge in [0.2, 0.25) is 65.0 Å². The summed E-state index contributed by atoms with van der Waals surface area (Å²) in [6.45, 7) is 30.3. The highest BCUT2D eigenvalue weighted by molar-refractivity contribution is 5.99. The van der Waals surface area contributed by atoms with Crippen LogP contribution >= 0.6 is 0 Å². The molecule has 0 aromatic rings. The van der Waals surface area contributed by atoms with E-state index in [0.29, 0.717) is 6.42 Å². The van der Waals surface area contributed by atoms with Gasteiger partial charge in [-0.1, -0.05) is 65.8 Å². The molecule has 450 valence electrons. The molecule has 1 rings (SSSR count). The molecule has 1 aliphatic heterocycles. The molecule has 0 spiro atoms. The average molecular weight is 1120 g/mol. The molecule has 1 fully saturated rings. The van der Waals surface area contributed by atoms with Crippen LogP contribution in [0.2, 0.25) is 0 Å². The number of carbonyl (C=O) groups is 11. The summed E-state index contributed by atoms with van der Waals surface area (Å²) in [6.07, 6.45) is 5.90. The largest absolute Gasteiger partial charge is 0.390 e. The molecule has 11 amide bonds. The Morgan fingerprint density at radius 2 is 0.924 bits per heavy atom. The summed E-state index contributed by atoms with van der Waals surface area (Å²) in [5, 5.41) is 22.3. The topological polar surface area (TPSA) is 279 Å². The minimum atomic E-state index is -1.59. The zero-order chi connectivity index (χ0) is 62.3. The molecule has 0 bridgehead atoms.